The van der Waals surface area contributed by atoms with Crippen molar-refractivity contribution >= 4 is 25.3 Å². The van der Waals surface area contributed by atoms with E-state index in [1.807, 2.05) is 0 Å². The Balaban J connectivity index is 3.43. The lowest BCUT2D eigenvalue weighted by Crippen LogP contribution is -2.42. The fourth-order valence-corrected chi connectivity index (χ4v) is 1.74. The van der Waals surface area contributed by atoms with Crippen LogP contribution in [0.15, 0.2) is 0 Å². The molecule has 0 spiro atoms. The number of rotatable bonds is 4. The molecule has 0 amide bonds. The molecule has 0 saturated carbocycles. The van der Waals surface area contributed by atoms with Crippen LogP contribution in [0.1, 0.15) is 0 Å². The summed E-state index contributed by atoms with van der Waals surface area (Å²) in [5.74, 6) is 1.92. The molecule has 56 valence electrons. The molecule has 0 bridgehead atoms. The van der Waals surface area contributed by atoms with Crippen molar-refractivity contribution in [2.45, 2.75) is 0 Å². The molecule has 0 aromatic carbocycles. The molecule has 0 aromatic heterocycles. The van der Waals surface area contributed by atoms with Gasteiger partial charge in [-0.05, 0) is 0 Å². The van der Waals surface area contributed by atoms with E-state index in [1.165, 1.54) is 0 Å². The first-order valence-electron chi connectivity index (χ1n) is 3.16. The van der Waals surface area contributed by atoms with Crippen LogP contribution in [0.25, 0.3) is 0 Å². The maximum Gasteiger partial charge on any atom is 0.0872 e. The minimum atomic E-state index is 0.959. The average molecular weight is 166 g/mol. The summed E-state index contributed by atoms with van der Waals surface area (Å²) in [6, 6.07) is 0. The molecule has 3 heteroatoms. The smallest absolute Gasteiger partial charge is 0.0872 e. The minimum absolute atomic E-state index is 0.959. The van der Waals surface area contributed by atoms with E-state index < -0.39 is 0 Å². The van der Waals surface area contributed by atoms with Crippen LogP contribution >= 0.6 is 25.3 Å². The summed E-state index contributed by atoms with van der Waals surface area (Å²) < 4.78 is 1.03. The van der Waals surface area contributed by atoms with E-state index in [9.17, 15) is 0 Å². The van der Waals surface area contributed by atoms with E-state index >= 15 is 0 Å². The summed E-state index contributed by atoms with van der Waals surface area (Å²) in [6.07, 6.45) is 0. The van der Waals surface area contributed by atoms with Crippen LogP contribution in [-0.4, -0.2) is 43.2 Å². The molecule has 0 heterocycles. The van der Waals surface area contributed by atoms with Crippen LogP contribution in [0, 0.1) is 0 Å². The number of thiol groups is 2. The Kier molecular flexibility index (Phi) is 4.80. The first kappa shape index (κ1) is 9.66. The Morgan fingerprint density at radius 2 is 1.33 bits per heavy atom. The molecule has 0 aromatic rings. The third-order valence-corrected chi connectivity index (χ3v) is 1.81. The zero-order valence-corrected chi connectivity index (χ0v) is 7.96. The van der Waals surface area contributed by atoms with Gasteiger partial charge in [0.1, 0.15) is 0 Å². The predicted molar refractivity (Wildman–Crippen MR) is 49.5 cm³/mol. The van der Waals surface area contributed by atoms with Crippen molar-refractivity contribution in [1.82, 2.24) is 0 Å². The lowest BCUT2D eigenvalue weighted by atomic mass is 10.5. The summed E-state index contributed by atoms with van der Waals surface area (Å²) in [5, 5.41) is 0. The highest BCUT2D eigenvalue weighted by Gasteiger charge is 2.10. The maximum atomic E-state index is 4.17. The highest BCUT2D eigenvalue weighted by Crippen LogP contribution is 1.97. The van der Waals surface area contributed by atoms with Crippen molar-refractivity contribution in [1.29, 1.82) is 0 Å². The molecular weight excluding hydrogens is 150 g/mol. The first-order chi connectivity index (χ1) is 4.12. The van der Waals surface area contributed by atoms with E-state index in [-0.39, 0.29) is 0 Å². The Morgan fingerprint density at radius 3 is 1.56 bits per heavy atom. The van der Waals surface area contributed by atoms with Gasteiger partial charge < -0.3 is 4.48 Å². The standard InChI is InChI=1S/C6H15NS2/c1-7(2,3-5-8)4-6-9/h3-6H2,1-2H3,(H-,8,9)/p+1. The van der Waals surface area contributed by atoms with Gasteiger partial charge in [-0.25, -0.2) is 0 Å². The van der Waals surface area contributed by atoms with Gasteiger partial charge in [0.2, 0.25) is 0 Å². The lowest BCUT2D eigenvalue weighted by Gasteiger charge is -2.28. The SMILES string of the molecule is C[N+](C)(CCS)CCS. The van der Waals surface area contributed by atoms with Crippen LogP contribution in [0.5, 0.6) is 0 Å². The lowest BCUT2D eigenvalue weighted by molar-refractivity contribution is -0.885. The molecule has 0 rings (SSSR count). The minimum Gasteiger partial charge on any atom is -0.327 e. The van der Waals surface area contributed by atoms with Gasteiger partial charge in [0.25, 0.3) is 0 Å². The van der Waals surface area contributed by atoms with E-state index in [0.29, 0.717) is 0 Å². The molecule has 0 aliphatic heterocycles. The van der Waals surface area contributed by atoms with Gasteiger partial charge in [0.05, 0.1) is 27.2 Å². The van der Waals surface area contributed by atoms with Crippen LogP contribution < -0.4 is 0 Å². The number of quaternary nitrogens is 1. The molecule has 0 unspecified atom stereocenters. The second kappa shape index (κ2) is 4.47. The third-order valence-electron chi connectivity index (χ3n) is 1.41. The van der Waals surface area contributed by atoms with Gasteiger partial charge in [-0.2, -0.15) is 25.3 Å². The summed E-state index contributed by atoms with van der Waals surface area (Å²) in [7, 11) is 4.40. The van der Waals surface area contributed by atoms with E-state index in [1.54, 1.807) is 0 Å². The number of nitrogens with zero attached hydrogens (tertiary/aromatic N) is 1. The Bertz CT molecular complexity index is 65.5. The van der Waals surface area contributed by atoms with E-state index in [0.717, 1.165) is 29.1 Å². The molecule has 0 fully saturated rings. The van der Waals surface area contributed by atoms with Gasteiger partial charge in [-0.15, -0.1) is 0 Å². The van der Waals surface area contributed by atoms with Crippen LogP contribution in [0.4, 0.5) is 0 Å². The average Bonchev–Trinajstić information content (AvgIpc) is 1.64. The van der Waals surface area contributed by atoms with Gasteiger partial charge in [0, 0.05) is 11.5 Å². The van der Waals surface area contributed by atoms with Crippen LogP contribution in [0.3, 0.4) is 0 Å². The zero-order chi connectivity index (χ0) is 7.33. The van der Waals surface area contributed by atoms with Crippen molar-refractivity contribution in [2.24, 2.45) is 0 Å². The van der Waals surface area contributed by atoms with Crippen molar-refractivity contribution in [3.63, 3.8) is 0 Å². The fraction of sp³-hybridized carbons (Fsp3) is 1.00. The Labute approximate surface area is 68.8 Å². The maximum absolute atomic E-state index is 4.17. The van der Waals surface area contributed by atoms with Gasteiger partial charge in [0.15, 0.2) is 0 Å². The normalized spacial score (nSPS) is 12.0. The molecule has 0 saturated heterocycles. The quantitative estimate of drug-likeness (QED) is 0.450. The third kappa shape index (κ3) is 5.12. The van der Waals surface area contributed by atoms with Gasteiger partial charge in [-0.1, -0.05) is 0 Å². The van der Waals surface area contributed by atoms with Gasteiger partial charge >= 0.3 is 0 Å². The monoisotopic (exact) mass is 166 g/mol. The van der Waals surface area contributed by atoms with Crippen LogP contribution in [-0.2, 0) is 0 Å². The summed E-state index contributed by atoms with van der Waals surface area (Å²) in [6.45, 7) is 2.26. The molecule has 9 heavy (non-hydrogen) atoms. The molecule has 0 radical (unpaired) electrons. The van der Waals surface area contributed by atoms with E-state index in [4.69, 9.17) is 0 Å². The highest BCUT2D eigenvalue weighted by atomic mass is 32.1. The van der Waals surface area contributed by atoms with Crippen molar-refractivity contribution in [3.05, 3.63) is 0 Å². The van der Waals surface area contributed by atoms with Crippen molar-refractivity contribution < 1.29 is 4.48 Å². The molecule has 0 aliphatic carbocycles. The second-order valence-corrected chi connectivity index (χ2v) is 3.72. The van der Waals surface area contributed by atoms with Crippen molar-refractivity contribution in [2.75, 3.05) is 38.7 Å². The summed E-state index contributed by atoms with van der Waals surface area (Å²) >= 11 is 8.33. The zero-order valence-electron chi connectivity index (χ0n) is 6.17. The molecule has 0 aliphatic rings. The molecule has 1 nitrogen and oxygen atoms in total. The topological polar surface area (TPSA) is 0 Å². The largest absolute Gasteiger partial charge is 0.327 e. The number of hydrogen-bond donors (Lipinski definition) is 2. The second-order valence-electron chi connectivity index (χ2n) is 2.83. The molecular formula is C6H16NS2+. The van der Waals surface area contributed by atoms with Gasteiger partial charge in [-0.3, -0.25) is 0 Å². The predicted octanol–water partition coefficient (Wildman–Crippen LogP) is 0.922. The first-order valence-corrected chi connectivity index (χ1v) is 4.42. The van der Waals surface area contributed by atoms with E-state index in [2.05, 4.69) is 39.4 Å². The molecule has 0 N–H and O–H groups in total. The highest BCUT2D eigenvalue weighted by molar-refractivity contribution is 7.80. The Hall–Kier alpha value is 0.660. The molecule has 0 atom stereocenters. The van der Waals surface area contributed by atoms with Crippen LogP contribution in [0.2, 0.25) is 0 Å². The summed E-state index contributed by atoms with van der Waals surface area (Å²) in [5.41, 5.74) is 0. The Morgan fingerprint density at radius 1 is 1.00 bits per heavy atom. The fourth-order valence-electron chi connectivity index (χ4n) is 0.653. The summed E-state index contributed by atoms with van der Waals surface area (Å²) in [4.78, 5) is 0. The van der Waals surface area contributed by atoms with Crippen molar-refractivity contribution in [3.8, 4) is 0 Å². The number of hydrogen-bond acceptors (Lipinski definition) is 2.